The fraction of sp³-hybridized carbons (Fsp3) is 0.500. The molecule has 0 radical (unpaired) electrons. The molecule has 5 rings (SSSR count). The molecule has 1 aliphatic heterocycles. The third-order valence-corrected chi connectivity index (χ3v) is 7.54. The SMILES string of the molecule is COC(=O)N1CCO[C@@H](Cc2c(-c3c(F)cc(NC4CCC(C)CC4)cc3F)nc3cc(C)ccn23)C1. The van der Waals surface area contributed by atoms with Crippen molar-refractivity contribution in [2.75, 3.05) is 32.1 Å². The Bertz CT molecular complexity index is 1260. The standard InChI is InChI=1S/C28H34F2N4O3/c1-17-4-6-19(7-5-17)31-20-13-22(29)26(23(30)14-20)27-24(34-9-8-18(2)12-25(34)32-27)15-21-16-33(10-11-37-21)28(35)36-3/h8-9,12-14,17,19,21,31H,4-7,10-11,15-16H2,1-3H3/t17?,19?,21-/m0/s1. The normalized spacial score (nSPS) is 22.3. The summed E-state index contributed by atoms with van der Waals surface area (Å²) >= 11 is 0. The number of halogens is 2. The average Bonchev–Trinajstić information content (AvgIpc) is 3.21. The van der Waals surface area contributed by atoms with Crippen LogP contribution in [0.5, 0.6) is 0 Å². The zero-order chi connectivity index (χ0) is 26.1. The van der Waals surface area contributed by atoms with Crippen molar-refractivity contribution in [3.8, 4) is 11.3 Å². The first-order valence-corrected chi connectivity index (χ1v) is 13.0. The van der Waals surface area contributed by atoms with Gasteiger partial charge in [0.2, 0.25) is 0 Å². The highest BCUT2D eigenvalue weighted by Crippen LogP contribution is 2.34. The van der Waals surface area contributed by atoms with Crippen molar-refractivity contribution < 1.29 is 23.0 Å². The second-order valence-corrected chi connectivity index (χ2v) is 10.4. The molecule has 198 valence electrons. The Labute approximate surface area is 215 Å². The molecule has 7 nitrogen and oxygen atoms in total. The van der Waals surface area contributed by atoms with Crippen LogP contribution in [0.2, 0.25) is 0 Å². The number of methoxy groups -OCH3 is 1. The van der Waals surface area contributed by atoms with Gasteiger partial charge in [-0.15, -0.1) is 0 Å². The molecule has 2 fully saturated rings. The number of pyridine rings is 1. The summed E-state index contributed by atoms with van der Waals surface area (Å²) in [7, 11) is 1.34. The molecule has 1 atom stereocenters. The van der Waals surface area contributed by atoms with E-state index in [1.807, 2.05) is 29.7 Å². The Kier molecular flexibility index (Phi) is 7.33. The molecule has 2 aromatic heterocycles. The molecule has 1 saturated carbocycles. The molecular weight excluding hydrogens is 478 g/mol. The van der Waals surface area contributed by atoms with Crippen molar-refractivity contribution >= 4 is 17.4 Å². The molecule has 1 amide bonds. The molecule has 0 unspecified atom stereocenters. The number of hydrogen-bond donors (Lipinski definition) is 1. The van der Waals surface area contributed by atoms with Crippen LogP contribution in [0.4, 0.5) is 19.3 Å². The lowest BCUT2D eigenvalue weighted by Crippen LogP contribution is -2.46. The number of imidazole rings is 1. The van der Waals surface area contributed by atoms with Crippen molar-refractivity contribution in [3.05, 3.63) is 53.4 Å². The molecule has 9 heteroatoms. The van der Waals surface area contributed by atoms with Crippen LogP contribution in [-0.2, 0) is 15.9 Å². The summed E-state index contributed by atoms with van der Waals surface area (Å²) in [5.74, 6) is -0.624. The summed E-state index contributed by atoms with van der Waals surface area (Å²) in [5.41, 5.74) is 2.76. The van der Waals surface area contributed by atoms with E-state index in [1.165, 1.54) is 19.2 Å². The molecule has 3 aromatic rings. The molecule has 0 bridgehead atoms. The monoisotopic (exact) mass is 512 g/mol. The summed E-state index contributed by atoms with van der Waals surface area (Å²) in [4.78, 5) is 18.3. The van der Waals surface area contributed by atoms with Gasteiger partial charge in [0.05, 0.1) is 43.3 Å². The highest BCUT2D eigenvalue weighted by molar-refractivity contribution is 5.71. The van der Waals surface area contributed by atoms with E-state index < -0.39 is 17.7 Å². The number of nitrogens with zero attached hydrogens (tertiary/aromatic N) is 3. The van der Waals surface area contributed by atoms with E-state index in [0.29, 0.717) is 49.1 Å². The lowest BCUT2D eigenvalue weighted by molar-refractivity contribution is -0.0241. The van der Waals surface area contributed by atoms with E-state index >= 15 is 8.78 Å². The average molecular weight is 513 g/mol. The Hall–Kier alpha value is -3.20. The van der Waals surface area contributed by atoms with Gasteiger partial charge in [0.25, 0.3) is 0 Å². The van der Waals surface area contributed by atoms with Gasteiger partial charge in [-0.05, 0) is 68.4 Å². The van der Waals surface area contributed by atoms with Gasteiger partial charge in [0.15, 0.2) is 0 Å². The number of morpholine rings is 1. The maximum Gasteiger partial charge on any atom is 0.409 e. The predicted octanol–water partition coefficient (Wildman–Crippen LogP) is 5.59. The van der Waals surface area contributed by atoms with Crippen LogP contribution in [0.3, 0.4) is 0 Å². The number of ether oxygens (including phenoxy) is 2. The molecule has 1 aromatic carbocycles. The minimum Gasteiger partial charge on any atom is -0.453 e. The quantitative estimate of drug-likeness (QED) is 0.483. The smallest absolute Gasteiger partial charge is 0.409 e. The third kappa shape index (κ3) is 5.42. The van der Waals surface area contributed by atoms with Crippen LogP contribution < -0.4 is 5.32 Å². The highest BCUT2D eigenvalue weighted by atomic mass is 19.1. The molecular formula is C28H34F2N4O3. The summed E-state index contributed by atoms with van der Waals surface area (Å²) in [6.07, 6.45) is 5.60. The summed E-state index contributed by atoms with van der Waals surface area (Å²) in [5, 5.41) is 3.32. The Morgan fingerprint density at radius 2 is 1.92 bits per heavy atom. The molecule has 3 heterocycles. The topological polar surface area (TPSA) is 68.1 Å². The number of aromatic nitrogens is 2. The van der Waals surface area contributed by atoms with E-state index in [-0.39, 0.29) is 23.4 Å². The second-order valence-electron chi connectivity index (χ2n) is 10.4. The first-order chi connectivity index (χ1) is 17.8. The van der Waals surface area contributed by atoms with Crippen molar-refractivity contribution in [3.63, 3.8) is 0 Å². The lowest BCUT2D eigenvalue weighted by Gasteiger charge is -2.32. The molecule has 1 N–H and O–H groups in total. The number of anilines is 1. The van der Waals surface area contributed by atoms with Crippen molar-refractivity contribution in [2.24, 2.45) is 5.92 Å². The Balaban J connectivity index is 1.48. The number of nitrogens with one attached hydrogen (secondary N) is 1. The predicted molar refractivity (Wildman–Crippen MR) is 138 cm³/mol. The van der Waals surface area contributed by atoms with Gasteiger partial charge in [0.1, 0.15) is 17.3 Å². The zero-order valence-corrected chi connectivity index (χ0v) is 21.6. The minimum atomic E-state index is -0.659. The fourth-order valence-electron chi connectivity index (χ4n) is 5.47. The number of amides is 1. The second kappa shape index (κ2) is 10.7. The van der Waals surface area contributed by atoms with Gasteiger partial charge >= 0.3 is 6.09 Å². The van der Waals surface area contributed by atoms with Crippen LogP contribution in [0, 0.1) is 24.5 Å². The molecule has 1 saturated heterocycles. The fourth-order valence-corrected chi connectivity index (χ4v) is 5.47. The first kappa shape index (κ1) is 25.4. The van der Waals surface area contributed by atoms with E-state index in [0.717, 1.165) is 31.2 Å². The van der Waals surface area contributed by atoms with Crippen molar-refractivity contribution in [1.29, 1.82) is 0 Å². The van der Waals surface area contributed by atoms with Crippen LogP contribution in [0.1, 0.15) is 43.9 Å². The molecule has 37 heavy (non-hydrogen) atoms. The van der Waals surface area contributed by atoms with Gasteiger partial charge < -0.3 is 24.1 Å². The number of fused-ring (bicyclic) bond motifs is 1. The molecule has 0 spiro atoms. The Morgan fingerprint density at radius 1 is 1.19 bits per heavy atom. The number of carbonyl (C=O) groups excluding carboxylic acids is 1. The van der Waals surface area contributed by atoms with E-state index in [2.05, 4.69) is 17.2 Å². The number of carbonyl (C=O) groups is 1. The number of hydrogen-bond acceptors (Lipinski definition) is 5. The lowest BCUT2D eigenvalue weighted by atomic mass is 9.87. The van der Waals surface area contributed by atoms with Gasteiger partial charge in [-0.3, -0.25) is 0 Å². The van der Waals surface area contributed by atoms with Gasteiger partial charge in [-0.2, -0.15) is 0 Å². The number of rotatable bonds is 5. The Morgan fingerprint density at radius 3 is 2.62 bits per heavy atom. The van der Waals surface area contributed by atoms with Crippen LogP contribution >= 0.6 is 0 Å². The zero-order valence-electron chi connectivity index (χ0n) is 21.6. The maximum atomic E-state index is 15.6. The van der Waals surface area contributed by atoms with Crippen molar-refractivity contribution in [1.82, 2.24) is 14.3 Å². The van der Waals surface area contributed by atoms with Crippen molar-refractivity contribution in [2.45, 2.75) is 58.1 Å². The highest BCUT2D eigenvalue weighted by Gasteiger charge is 2.29. The third-order valence-electron chi connectivity index (χ3n) is 7.54. The molecule has 2 aliphatic rings. The number of aryl methyl sites for hydroxylation is 1. The van der Waals surface area contributed by atoms with E-state index in [9.17, 15) is 4.79 Å². The molecule has 1 aliphatic carbocycles. The van der Waals surface area contributed by atoms with Gasteiger partial charge in [0, 0.05) is 30.9 Å². The first-order valence-electron chi connectivity index (χ1n) is 13.0. The van der Waals surface area contributed by atoms with Gasteiger partial charge in [-0.25, -0.2) is 18.6 Å². The van der Waals surface area contributed by atoms with Crippen LogP contribution in [0.25, 0.3) is 16.9 Å². The number of benzene rings is 1. The summed E-state index contributed by atoms with van der Waals surface area (Å²) in [6.45, 7) is 5.29. The largest absolute Gasteiger partial charge is 0.453 e. The summed E-state index contributed by atoms with van der Waals surface area (Å²) < 4.78 is 43.8. The maximum absolute atomic E-state index is 15.6. The summed E-state index contributed by atoms with van der Waals surface area (Å²) in [6, 6.07) is 6.76. The van der Waals surface area contributed by atoms with E-state index in [1.54, 1.807) is 4.90 Å². The van der Waals surface area contributed by atoms with Crippen LogP contribution in [0.15, 0.2) is 30.5 Å². The van der Waals surface area contributed by atoms with Crippen LogP contribution in [-0.4, -0.2) is 59.3 Å². The van der Waals surface area contributed by atoms with E-state index in [4.69, 9.17) is 9.47 Å². The van der Waals surface area contributed by atoms with Gasteiger partial charge in [-0.1, -0.05) is 6.92 Å². The minimum absolute atomic E-state index is 0.153.